The van der Waals surface area contributed by atoms with Gasteiger partial charge in [-0.2, -0.15) is 0 Å². The lowest BCUT2D eigenvalue weighted by atomic mass is 9.86. The molecule has 0 amide bonds. The predicted molar refractivity (Wildman–Crippen MR) is 60.0 cm³/mol. The summed E-state index contributed by atoms with van der Waals surface area (Å²) in [5.41, 5.74) is 1.17. The Bertz CT molecular complexity index is 286. The van der Waals surface area contributed by atoms with Gasteiger partial charge in [-0.15, -0.1) is 0 Å². The average molecular weight is 225 g/mol. The lowest BCUT2D eigenvalue weighted by Gasteiger charge is -2.38. The van der Waals surface area contributed by atoms with Gasteiger partial charge in [0.1, 0.15) is 0 Å². The van der Waals surface area contributed by atoms with Gasteiger partial charge in [0, 0.05) is 37.5 Å². The number of aliphatic hydroxyl groups is 1. The van der Waals surface area contributed by atoms with Crippen LogP contribution in [0, 0.1) is 0 Å². The van der Waals surface area contributed by atoms with Crippen LogP contribution in [-0.2, 0) is 11.3 Å². The minimum Gasteiger partial charge on any atom is -0.472 e. The van der Waals surface area contributed by atoms with E-state index in [0.29, 0.717) is 0 Å². The summed E-state index contributed by atoms with van der Waals surface area (Å²) in [4.78, 5) is 0. The quantitative estimate of drug-likeness (QED) is 0.793. The molecule has 0 bridgehead atoms. The van der Waals surface area contributed by atoms with E-state index >= 15 is 0 Å². The highest BCUT2D eigenvalue weighted by atomic mass is 16.5. The van der Waals surface area contributed by atoms with Crippen LogP contribution in [0.15, 0.2) is 23.0 Å². The number of hydrogen-bond donors (Lipinski definition) is 2. The summed E-state index contributed by atoms with van der Waals surface area (Å²) in [5, 5.41) is 12.7. The molecule has 0 radical (unpaired) electrons. The molecule has 0 spiro atoms. The molecule has 0 aliphatic carbocycles. The first kappa shape index (κ1) is 11.6. The molecule has 16 heavy (non-hydrogen) atoms. The molecule has 1 aliphatic heterocycles. The van der Waals surface area contributed by atoms with E-state index in [1.54, 1.807) is 12.5 Å². The van der Waals surface area contributed by atoms with Crippen LogP contribution in [0.5, 0.6) is 0 Å². The Labute approximate surface area is 95.6 Å². The Morgan fingerprint density at radius 3 is 2.81 bits per heavy atom. The summed E-state index contributed by atoms with van der Waals surface area (Å²) in [6, 6.07) is 1.96. The van der Waals surface area contributed by atoms with Gasteiger partial charge in [0.2, 0.25) is 0 Å². The van der Waals surface area contributed by atoms with Gasteiger partial charge in [0.25, 0.3) is 0 Å². The first-order valence-corrected chi connectivity index (χ1v) is 5.79. The van der Waals surface area contributed by atoms with E-state index in [0.717, 1.165) is 44.6 Å². The topological polar surface area (TPSA) is 54.6 Å². The van der Waals surface area contributed by atoms with Crippen molar-refractivity contribution in [3.8, 4) is 0 Å². The molecule has 2 N–H and O–H groups in total. The van der Waals surface area contributed by atoms with Crippen molar-refractivity contribution in [2.45, 2.75) is 31.3 Å². The molecule has 1 aromatic rings. The molecule has 1 aromatic heterocycles. The fraction of sp³-hybridized carbons (Fsp3) is 0.667. The van der Waals surface area contributed by atoms with Crippen LogP contribution in [0.3, 0.4) is 0 Å². The Balaban J connectivity index is 1.91. The lowest BCUT2D eigenvalue weighted by Crippen LogP contribution is -2.49. The molecular weight excluding hydrogens is 206 g/mol. The van der Waals surface area contributed by atoms with Crippen LogP contribution in [-0.4, -0.2) is 30.5 Å². The second kappa shape index (κ2) is 5.48. The zero-order valence-corrected chi connectivity index (χ0v) is 9.45. The summed E-state index contributed by atoms with van der Waals surface area (Å²) in [6.45, 7) is 2.56. The van der Waals surface area contributed by atoms with Crippen LogP contribution >= 0.6 is 0 Å². The van der Waals surface area contributed by atoms with Crippen molar-refractivity contribution in [2.24, 2.45) is 0 Å². The fourth-order valence-electron chi connectivity index (χ4n) is 2.17. The van der Waals surface area contributed by atoms with Crippen molar-refractivity contribution >= 4 is 0 Å². The Morgan fingerprint density at radius 2 is 2.19 bits per heavy atom. The molecule has 1 fully saturated rings. The fourth-order valence-corrected chi connectivity index (χ4v) is 2.17. The summed E-state index contributed by atoms with van der Waals surface area (Å²) in [7, 11) is 0. The number of nitrogens with one attached hydrogen (secondary N) is 1. The van der Waals surface area contributed by atoms with Gasteiger partial charge >= 0.3 is 0 Å². The van der Waals surface area contributed by atoms with E-state index in [4.69, 9.17) is 14.3 Å². The van der Waals surface area contributed by atoms with Crippen LogP contribution in [0.1, 0.15) is 24.8 Å². The van der Waals surface area contributed by atoms with Crippen molar-refractivity contribution in [3.63, 3.8) is 0 Å². The maximum absolute atomic E-state index is 9.14. The van der Waals surface area contributed by atoms with Crippen molar-refractivity contribution in [1.82, 2.24) is 5.32 Å². The molecule has 90 valence electrons. The molecule has 0 unspecified atom stereocenters. The van der Waals surface area contributed by atoms with E-state index in [-0.39, 0.29) is 12.1 Å². The van der Waals surface area contributed by atoms with E-state index in [1.165, 1.54) is 0 Å². The first-order valence-electron chi connectivity index (χ1n) is 5.79. The van der Waals surface area contributed by atoms with Gasteiger partial charge in [-0.3, -0.25) is 0 Å². The van der Waals surface area contributed by atoms with Gasteiger partial charge in [-0.05, 0) is 25.3 Å². The van der Waals surface area contributed by atoms with Gasteiger partial charge < -0.3 is 19.6 Å². The standard InChI is InChI=1S/C12H19NO3/c14-5-2-12(3-7-15-8-4-12)13-9-11-1-6-16-10-11/h1,6,10,13-14H,2-5,7-9H2. The van der Waals surface area contributed by atoms with Gasteiger partial charge in [-0.1, -0.05) is 0 Å². The molecule has 0 aromatic carbocycles. The Morgan fingerprint density at radius 1 is 1.38 bits per heavy atom. The summed E-state index contributed by atoms with van der Waals surface area (Å²) >= 11 is 0. The van der Waals surface area contributed by atoms with E-state index < -0.39 is 0 Å². The average Bonchev–Trinajstić information content (AvgIpc) is 2.81. The van der Waals surface area contributed by atoms with Crippen LogP contribution < -0.4 is 5.32 Å². The molecule has 1 aliphatic rings. The monoisotopic (exact) mass is 225 g/mol. The first-order chi connectivity index (χ1) is 7.85. The molecule has 2 rings (SSSR count). The predicted octanol–water partition coefficient (Wildman–Crippen LogP) is 1.30. The highest BCUT2D eigenvalue weighted by molar-refractivity contribution is 5.06. The van der Waals surface area contributed by atoms with Gasteiger partial charge in [-0.25, -0.2) is 0 Å². The van der Waals surface area contributed by atoms with Crippen molar-refractivity contribution in [2.75, 3.05) is 19.8 Å². The van der Waals surface area contributed by atoms with Crippen LogP contribution in [0.4, 0.5) is 0 Å². The molecule has 0 saturated carbocycles. The third kappa shape index (κ3) is 2.84. The minimum absolute atomic E-state index is 0.0320. The molecule has 0 atom stereocenters. The number of ether oxygens (including phenoxy) is 1. The Kier molecular flexibility index (Phi) is 3.98. The SMILES string of the molecule is OCCC1(NCc2ccoc2)CCOCC1. The highest BCUT2D eigenvalue weighted by Crippen LogP contribution is 2.24. The zero-order valence-electron chi connectivity index (χ0n) is 9.45. The summed E-state index contributed by atoms with van der Waals surface area (Å²) in [6.07, 6.45) is 6.14. The molecule has 4 heteroatoms. The van der Waals surface area contributed by atoms with E-state index in [1.807, 2.05) is 6.07 Å². The number of rotatable bonds is 5. The minimum atomic E-state index is 0.0320. The molecule has 2 heterocycles. The normalized spacial score (nSPS) is 19.8. The number of aliphatic hydroxyl groups excluding tert-OH is 1. The summed E-state index contributed by atoms with van der Waals surface area (Å²) in [5.74, 6) is 0. The molecule has 1 saturated heterocycles. The maximum Gasteiger partial charge on any atom is 0.0947 e. The van der Waals surface area contributed by atoms with Crippen LogP contribution in [0.2, 0.25) is 0 Å². The lowest BCUT2D eigenvalue weighted by molar-refractivity contribution is 0.0267. The van der Waals surface area contributed by atoms with Crippen molar-refractivity contribution in [1.29, 1.82) is 0 Å². The summed E-state index contributed by atoms with van der Waals surface area (Å²) < 4.78 is 10.4. The van der Waals surface area contributed by atoms with Gasteiger partial charge in [0.15, 0.2) is 0 Å². The van der Waals surface area contributed by atoms with Crippen molar-refractivity contribution < 1.29 is 14.3 Å². The number of hydrogen-bond acceptors (Lipinski definition) is 4. The second-order valence-corrected chi connectivity index (χ2v) is 4.35. The third-order valence-corrected chi connectivity index (χ3v) is 3.29. The van der Waals surface area contributed by atoms with Crippen molar-refractivity contribution in [3.05, 3.63) is 24.2 Å². The molecule has 4 nitrogen and oxygen atoms in total. The van der Waals surface area contributed by atoms with Gasteiger partial charge in [0.05, 0.1) is 12.5 Å². The third-order valence-electron chi connectivity index (χ3n) is 3.29. The van der Waals surface area contributed by atoms with Crippen LogP contribution in [0.25, 0.3) is 0 Å². The molecular formula is C12H19NO3. The largest absolute Gasteiger partial charge is 0.472 e. The smallest absolute Gasteiger partial charge is 0.0947 e. The maximum atomic E-state index is 9.14. The van der Waals surface area contributed by atoms with E-state index in [2.05, 4.69) is 5.32 Å². The second-order valence-electron chi connectivity index (χ2n) is 4.35. The highest BCUT2D eigenvalue weighted by Gasteiger charge is 2.31. The zero-order chi connectivity index (χ0) is 11.3. The Hall–Kier alpha value is -0.840. The van der Waals surface area contributed by atoms with E-state index in [9.17, 15) is 0 Å². The number of furan rings is 1.